The first kappa shape index (κ1) is 7.87. The first-order valence-electron chi connectivity index (χ1n) is 4.00. The summed E-state index contributed by atoms with van der Waals surface area (Å²) >= 11 is 5.77. The second-order valence-electron chi connectivity index (χ2n) is 3.83. The average Bonchev–Trinajstić information content (AvgIpc) is 2.21. The molecule has 12 heavy (non-hydrogen) atoms. The first-order chi connectivity index (χ1) is 5.57. The minimum atomic E-state index is 0.125. The monoisotopic (exact) mass is 182 g/mol. The molecule has 3 heteroatoms. The Balaban J connectivity index is 2.43. The van der Waals surface area contributed by atoms with Gasteiger partial charge in [0.1, 0.15) is 11.0 Å². The van der Waals surface area contributed by atoms with Crippen LogP contribution in [-0.2, 0) is 6.42 Å². The molecule has 0 fully saturated rings. The predicted molar refractivity (Wildman–Crippen MR) is 50.7 cm³/mol. The van der Waals surface area contributed by atoms with E-state index in [0.29, 0.717) is 5.15 Å². The van der Waals surface area contributed by atoms with Crippen molar-refractivity contribution >= 4 is 17.4 Å². The van der Waals surface area contributed by atoms with Crippen molar-refractivity contribution in [1.82, 2.24) is 4.98 Å². The lowest BCUT2D eigenvalue weighted by atomic mass is 10.0. The molecule has 0 spiro atoms. The van der Waals surface area contributed by atoms with Crippen molar-refractivity contribution < 1.29 is 0 Å². The summed E-state index contributed by atoms with van der Waals surface area (Å²) in [7, 11) is 0. The van der Waals surface area contributed by atoms with Crippen molar-refractivity contribution in [3.63, 3.8) is 0 Å². The van der Waals surface area contributed by atoms with E-state index in [0.717, 1.165) is 12.2 Å². The van der Waals surface area contributed by atoms with E-state index < -0.39 is 0 Å². The van der Waals surface area contributed by atoms with E-state index in [1.165, 1.54) is 5.56 Å². The molecule has 0 atom stereocenters. The zero-order chi connectivity index (χ0) is 8.77. The zero-order valence-corrected chi connectivity index (χ0v) is 7.94. The van der Waals surface area contributed by atoms with E-state index in [-0.39, 0.29) is 5.54 Å². The van der Waals surface area contributed by atoms with Crippen molar-refractivity contribution in [2.45, 2.75) is 25.8 Å². The van der Waals surface area contributed by atoms with Crippen LogP contribution in [0, 0.1) is 0 Å². The smallest absolute Gasteiger partial charge is 0.131 e. The largest absolute Gasteiger partial charge is 0.365 e. The molecule has 0 saturated carbocycles. The highest BCUT2D eigenvalue weighted by molar-refractivity contribution is 6.29. The van der Waals surface area contributed by atoms with Gasteiger partial charge in [0.2, 0.25) is 0 Å². The quantitative estimate of drug-likeness (QED) is 0.624. The van der Waals surface area contributed by atoms with E-state index in [4.69, 9.17) is 11.6 Å². The molecule has 0 aliphatic carbocycles. The number of halogens is 1. The van der Waals surface area contributed by atoms with Gasteiger partial charge >= 0.3 is 0 Å². The van der Waals surface area contributed by atoms with Gasteiger partial charge in [-0.2, -0.15) is 0 Å². The Kier molecular flexibility index (Phi) is 1.55. The highest BCUT2D eigenvalue weighted by Crippen LogP contribution is 2.30. The van der Waals surface area contributed by atoms with Crippen molar-refractivity contribution in [3.05, 3.63) is 22.8 Å². The molecule has 1 aliphatic heterocycles. The normalized spacial score (nSPS) is 18.6. The molecule has 0 radical (unpaired) electrons. The molecule has 0 unspecified atom stereocenters. The number of nitrogens with zero attached hydrogens (tertiary/aromatic N) is 1. The first-order valence-corrected chi connectivity index (χ1v) is 4.38. The lowest BCUT2D eigenvalue weighted by molar-refractivity contribution is 0.593. The molecular formula is C9H11ClN2. The van der Waals surface area contributed by atoms with E-state index >= 15 is 0 Å². The summed E-state index contributed by atoms with van der Waals surface area (Å²) in [4.78, 5) is 4.20. The maximum atomic E-state index is 5.77. The van der Waals surface area contributed by atoms with Gasteiger partial charge in [-0.25, -0.2) is 4.98 Å². The number of fused-ring (bicyclic) bond motifs is 1. The van der Waals surface area contributed by atoms with Gasteiger partial charge in [0, 0.05) is 5.54 Å². The summed E-state index contributed by atoms with van der Waals surface area (Å²) < 4.78 is 0. The standard InChI is InChI=1S/C9H11ClN2/c1-9(2)5-6-3-4-7(10)11-8(6)12-9/h3-4H,5H2,1-2H3,(H,11,12). The predicted octanol–water partition coefficient (Wildman–Crippen LogP) is 2.48. The van der Waals surface area contributed by atoms with Gasteiger partial charge in [-0.3, -0.25) is 0 Å². The molecule has 64 valence electrons. The van der Waals surface area contributed by atoms with E-state index in [9.17, 15) is 0 Å². The van der Waals surface area contributed by atoms with Crippen LogP contribution >= 0.6 is 11.6 Å². The number of hydrogen-bond donors (Lipinski definition) is 1. The Morgan fingerprint density at radius 2 is 2.25 bits per heavy atom. The Morgan fingerprint density at radius 3 is 3.00 bits per heavy atom. The summed E-state index contributed by atoms with van der Waals surface area (Å²) in [6.07, 6.45) is 1.02. The topological polar surface area (TPSA) is 24.9 Å². The molecule has 0 bridgehead atoms. The highest BCUT2D eigenvalue weighted by atomic mass is 35.5. The minimum absolute atomic E-state index is 0.125. The van der Waals surface area contributed by atoms with Crippen molar-refractivity contribution in [3.8, 4) is 0 Å². The molecule has 1 aromatic rings. The van der Waals surface area contributed by atoms with Crippen molar-refractivity contribution in [2.75, 3.05) is 5.32 Å². The van der Waals surface area contributed by atoms with Crippen molar-refractivity contribution in [1.29, 1.82) is 0 Å². The molecule has 0 aromatic carbocycles. The summed E-state index contributed by atoms with van der Waals surface area (Å²) in [6, 6.07) is 3.87. The molecule has 1 aromatic heterocycles. The second-order valence-corrected chi connectivity index (χ2v) is 4.21. The summed E-state index contributed by atoms with van der Waals surface area (Å²) in [5.41, 5.74) is 1.38. The second kappa shape index (κ2) is 2.36. The van der Waals surface area contributed by atoms with Crippen LogP contribution < -0.4 is 5.32 Å². The molecule has 1 aliphatic rings. The summed E-state index contributed by atoms with van der Waals surface area (Å²) in [5, 5.41) is 3.87. The van der Waals surface area contributed by atoms with Gasteiger partial charge in [-0.1, -0.05) is 17.7 Å². The third-order valence-corrected chi connectivity index (χ3v) is 2.24. The lowest BCUT2D eigenvalue weighted by Crippen LogP contribution is -2.27. The van der Waals surface area contributed by atoms with Crippen LogP contribution in [0.2, 0.25) is 5.15 Å². The van der Waals surface area contributed by atoms with Gasteiger partial charge < -0.3 is 5.32 Å². The fourth-order valence-corrected chi connectivity index (χ4v) is 1.70. The molecule has 2 rings (SSSR count). The van der Waals surface area contributed by atoms with Crippen LogP contribution in [-0.4, -0.2) is 10.5 Å². The molecule has 0 amide bonds. The van der Waals surface area contributed by atoms with Gasteiger partial charge in [0.25, 0.3) is 0 Å². The maximum absolute atomic E-state index is 5.77. The summed E-state index contributed by atoms with van der Waals surface area (Å²) in [6.45, 7) is 4.31. The van der Waals surface area contributed by atoms with Gasteiger partial charge in [0.05, 0.1) is 0 Å². The van der Waals surface area contributed by atoms with E-state index in [1.54, 1.807) is 0 Å². The Bertz CT molecular complexity index is 320. The number of pyridine rings is 1. The van der Waals surface area contributed by atoms with Crippen molar-refractivity contribution in [2.24, 2.45) is 0 Å². The van der Waals surface area contributed by atoms with Gasteiger partial charge in [-0.15, -0.1) is 0 Å². The summed E-state index contributed by atoms with van der Waals surface area (Å²) in [5.74, 6) is 0.938. The highest BCUT2D eigenvalue weighted by Gasteiger charge is 2.28. The third kappa shape index (κ3) is 1.27. The molecular weight excluding hydrogens is 172 g/mol. The van der Waals surface area contributed by atoms with E-state index in [1.807, 2.05) is 12.1 Å². The molecule has 2 heterocycles. The van der Waals surface area contributed by atoms with Crippen LogP contribution in [0.15, 0.2) is 12.1 Å². The Labute approximate surface area is 77.0 Å². The van der Waals surface area contributed by atoms with E-state index in [2.05, 4.69) is 24.1 Å². The van der Waals surface area contributed by atoms with Crippen LogP contribution in [0.1, 0.15) is 19.4 Å². The van der Waals surface area contributed by atoms with Crippen LogP contribution in [0.25, 0.3) is 0 Å². The number of hydrogen-bond acceptors (Lipinski definition) is 2. The minimum Gasteiger partial charge on any atom is -0.365 e. The average molecular weight is 183 g/mol. The number of aromatic nitrogens is 1. The maximum Gasteiger partial charge on any atom is 0.131 e. The fraction of sp³-hybridized carbons (Fsp3) is 0.444. The number of nitrogens with one attached hydrogen (secondary N) is 1. The van der Waals surface area contributed by atoms with Gasteiger partial charge in [0.15, 0.2) is 0 Å². The molecule has 2 nitrogen and oxygen atoms in total. The van der Waals surface area contributed by atoms with Crippen LogP contribution in [0.3, 0.4) is 0 Å². The van der Waals surface area contributed by atoms with Gasteiger partial charge in [-0.05, 0) is 31.9 Å². The molecule has 0 saturated heterocycles. The number of rotatable bonds is 0. The van der Waals surface area contributed by atoms with Crippen LogP contribution in [0.4, 0.5) is 5.82 Å². The molecule has 1 N–H and O–H groups in total. The van der Waals surface area contributed by atoms with Crippen LogP contribution in [0.5, 0.6) is 0 Å². The Hall–Kier alpha value is -0.760. The number of anilines is 1. The SMILES string of the molecule is CC1(C)Cc2ccc(Cl)nc2N1. The lowest BCUT2D eigenvalue weighted by Gasteiger charge is -2.17. The third-order valence-electron chi connectivity index (χ3n) is 2.03. The fourth-order valence-electron chi connectivity index (χ4n) is 1.56. The zero-order valence-electron chi connectivity index (χ0n) is 7.19. The Morgan fingerprint density at radius 1 is 1.50 bits per heavy atom.